The molecular weight excluding hydrogens is 637 g/mol. The van der Waals surface area contributed by atoms with E-state index in [0.29, 0.717) is 0 Å². The van der Waals surface area contributed by atoms with Crippen LogP contribution in [0.3, 0.4) is 0 Å². The van der Waals surface area contributed by atoms with Crippen LogP contribution in [0.4, 0.5) is 0 Å². The van der Waals surface area contributed by atoms with Crippen molar-refractivity contribution in [2.24, 2.45) is 0 Å². The lowest BCUT2D eigenvalue weighted by atomic mass is 9.66. The Labute approximate surface area is 300 Å². The van der Waals surface area contributed by atoms with Gasteiger partial charge in [-0.15, -0.1) is 11.3 Å². The molecule has 1 nitrogen and oxygen atoms in total. The summed E-state index contributed by atoms with van der Waals surface area (Å²) >= 11 is 1.88. The highest BCUT2D eigenvalue weighted by molar-refractivity contribution is 7.26. The third-order valence-corrected chi connectivity index (χ3v) is 12.2. The molecule has 1 spiro atoms. The molecule has 11 rings (SSSR count). The van der Waals surface area contributed by atoms with Gasteiger partial charge in [-0.3, -0.25) is 0 Å². The van der Waals surface area contributed by atoms with Gasteiger partial charge in [0.05, 0.1) is 5.41 Å². The van der Waals surface area contributed by atoms with Crippen LogP contribution >= 0.6 is 11.3 Å². The van der Waals surface area contributed by atoms with Crippen molar-refractivity contribution in [2.45, 2.75) is 5.41 Å². The second-order valence-electron chi connectivity index (χ2n) is 13.5. The van der Waals surface area contributed by atoms with Crippen molar-refractivity contribution in [2.75, 3.05) is 0 Å². The smallest absolute Gasteiger partial charge is 0.132 e. The molecule has 0 saturated heterocycles. The van der Waals surface area contributed by atoms with Crippen LogP contribution in [0.15, 0.2) is 182 Å². The standard InChI is InChI=1S/C49H30OS/c1-2-15-33(34-16-3-4-17-35(34)39-21-13-22-40-38-20-7-12-27-47(38)51-48(39)40)32(14-1)31-28-29-44-46(30-31)50-45-26-11-10-25-43(45)49(44)41-23-8-5-18-36(41)37-19-6-9-24-42(37)49/h1-30H. The van der Waals surface area contributed by atoms with Gasteiger partial charge in [0.2, 0.25) is 0 Å². The van der Waals surface area contributed by atoms with E-state index in [4.69, 9.17) is 4.74 Å². The zero-order valence-electron chi connectivity index (χ0n) is 27.6. The highest BCUT2D eigenvalue weighted by atomic mass is 32.1. The van der Waals surface area contributed by atoms with Gasteiger partial charge in [-0.25, -0.2) is 0 Å². The largest absolute Gasteiger partial charge is 0.457 e. The van der Waals surface area contributed by atoms with E-state index < -0.39 is 5.41 Å². The van der Waals surface area contributed by atoms with Gasteiger partial charge >= 0.3 is 0 Å². The van der Waals surface area contributed by atoms with Crippen molar-refractivity contribution in [3.8, 4) is 56.0 Å². The maximum atomic E-state index is 6.87. The summed E-state index contributed by atoms with van der Waals surface area (Å²) in [6.45, 7) is 0. The third-order valence-electron chi connectivity index (χ3n) is 11.0. The van der Waals surface area contributed by atoms with Crippen LogP contribution < -0.4 is 4.74 Å². The number of para-hydroxylation sites is 1. The molecule has 0 radical (unpaired) electrons. The zero-order valence-corrected chi connectivity index (χ0v) is 28.5. The second kappa shape index (κ2) is 10.9. The summed E-state index contributed by atoms with van der Waals surface area (Å²) in [5, 5.41) is 2.63. The third kappa shape index (κ3) is 3.97. The van der Waals surface area contributed by atoms with Crippen LogP contribution in [0.2, 0.25) is 0 Å². The molecule has 1 aliphatic carbocycles. The molecule has 2 heterocycles. The molecule has 0 atom stereocenters. The van der Waals surface area contributed by atoms with E-state index in [0.717, 1.165) is 17.1 Å². The first-order valence-electron chi connectivity index (χ1n) is 17.5. The van der Waals surface area contributed by atoms with E-state index in [9.17, 15) is 0 Å². The minimum absolute atomic E-state index is 0.467. The lowest BCUT2D eigenvalue weighted by Crippen LogP contribution is -2.32. The molecule has 2 heteroatoms. The fourth-order valence-electron chi connectivity index (χ4n) is 8.91. The number of fused-ring (bicyclic) bond motifs is 12. The summed E-state index contributed by atoms with van der Waals surface area (Å²) in [5.74, 6) is 1.81. The molecule has 1 aliphatic heterocycles. The summed E-state index contributed by atoms with van der Waals surface area (Å²) in [7, 11) is 0. The summed E-state index contributed by atoms with van der Waals surface area (Å²) < 4.78 is 9.52. The van der Waals surface area contributed by atoms with Crippen molar-refractivity contribution in [1.29, 1.82) is 0 Å². The molecule has 238 valence electrons. The molecule has 2 aliphatic rings. The predicted octanol–water partition coefficient (Wildman–Crippen LogP) is 13.5. The van der Waals surface area contributed by atoms with Crippen molar-refractivity contribution >= 4 is 31.5 Å². The number of ether oxygens (including phenoxy) is 1. The first-order valence-corrected chi connectivity index (χ1v) is 18.3. The molecule has 8 aromatic carbocycles. The summed E-state index contributed by atoms with van der Waals surface area (Å²) in [6, 6.07) is 66.4. The Hall–Kier alpha value is -6.22. The van der Waals surface area contributed by atoms with E-state index in [1.165, 1.54) is 81.4 Å². The van der Waals surface area contributed by atoms with Gasteiger partial charge in [0.15, 0.2) is 0 Å². The maximum Gasteiger partial charge on any atom is 0.132 e. The molecule has 9 aromatic rings. The van der Waals surface area contributed by atoms with Gasteiger partial charge < -0.3 is 4.74 Å². The number of hydrogen-bond donors (Lipinski definition) is 0. The van der Waals surface area contributed by atoms with Crippen LogP contribution in [0.1, 0.15) is 22.3 Å². The lowest BCUT2D eigenvalue weighted by Gasteiger charge is -2.39. The quantitative estimate of drug-likeness (QED) is 0.182. The van der Waals surface area contributed by atoms with Crippen molar-refractivity contribution < 1.29 is 4.74 Å². The Kier molecular flexibility index (Phi) is 6.11. The maximum absolute atomic E-state index is 6.87. The van der Waals surface area contributed by atoms with Gasteiger partial charge in [0.1, 0.15) is 11.5 Å². The Bertz CT molecular complexity index is 2810. The van der Waals surface area contributed by atoms with Gasteiger partial charge in [-0.05, 0) is 68.3 Å². The first kappa shape index (κ1) is 28.6. The van der Waals surface area contributed by atoms with Crippen LogP contribution in [0, 0.1) is 0 Å². The molecular formula is C49H30OS. The van der Waals surface area contributed by atoms with Crippen molar-refractivity contribution in [3.63, 3.8) is 0 Å². The van der Waals surface area contributed by atoms with Gasteiger partial charge in [-0.1, -0.05) is 164 Å². The molecule has 0 fully saturated rings. The summed E-state index contributed by atoms with van der Waals surface area (Å²) in [4.78, 5) is 0. The molecule has 1 aromatic heterocycles. The number of thiophene rings is 1. The first-order chi connectivity index (χ1) is 25.3. The van der Waals surface area contributed by atoms with Gasteiger partial charge in [0, 0.05) is 36.9 Å². The Balaban J connectivity index is 1.11. The monoisotopic (exact) mass is 666 g/mol. The number of hydrogen-bond acceptors (Lipinski definition) is 2. The Morgan fingerprint density at radius 2 is 0.863 bits per heavy atom. The molecule has 0 bridgehead atoms. The molecule has 0 amide bonds. The van der Waals surface area contributed by atoms with Crippen LogP contribution in [0.5, 0.6) is 11.5 Å². The molecule has 0 unspecified atom stereocenters. The van der Waals surface area contributed by atoms with E-state index in [1.807, 2.05) is 11.3 Å². The van der Waals surface area contributed by atoms with E-state index in [-0.39, 0.29) is 0 Å². The second-order valence-corrected chi connectivity index (χ2v) is 14.6. The van der Waals surface area contributed by atoms with E-state index in [2.05, 4.69) is 182 Å². The van der Waals surface area contributed by atoms with Crippen LogP contribution in [-0.2, 0) is 5.41 Å². The predicted molar refractivity (Wildman–Crippen MR) is 213 cm³/mol. The minimum atomic E-state index is -0.467. The minimum Gasteiger partial charge on any atom is -0.457 e. The van der Waals surface area contributed by atoms with Crippen LogP contribution in [0.25, 0.3) is 64.7 Å². The topological polar surface area (TPSA) is 9.23 Å². The Morgan fingerprint density at radius 3 is 1.61 bits per heavy atom. The van der Waals surface area contributed by atoms with Gasteiger partial charge in [0.25, 0.3) is 0 Å². The summed E-state index contributed by atoms with van der Waals surface area (Å²) in [5.41, 5.74) is 14.3. The highest BCUT2D eigenvalue weighted by Gasteiger charge is 2.50. The molecule has 51 heavy (non-hydrogen) atoms. The zero-order chi connectivity index (χ0) is 33.5. The molecule has 0 N–H and O–H groups in total. The van der Waals surface area contributed by atoms with Crippen LogP contribution in [-0.4, -0.2) is 0 Å². The fraction of sp³-hybridized carbons (Fsp3) is 0.0204. The van der Waals surface area contributed by atoms with Gasteiger partial charge in [-0.2, -0.15) is 0 Å². The summed E-state index contributed by atoms with van der Waals surface area (Å²) in [6.07, 6.45) is 0. The van der Waals surface area contributed by atoms with Crippen molar-refractivity contribution in [3.05, 3.63) is 204 Å². The average molecular weight is 667 g/mol. The normalized spacial score (nSPS) is 13.4. The number of rotatable bonds is 3. The number of benzene rings is 8. The Morgan fingerprint density at radius 1 is 0.353 bits per heavy atom. The average Bonchev–Trinajstić information content (AvgIpc) is 3.72. The van der Waals surface area contributed by atoms with Crippen molar-refractivity contribution in [1.82, 2.24) is 0 Å². The molecule has 0 saturated carbocycles. The highest BCUT2D eigenvalue weighted by Crippen LogP contribution is 2.62. The van der Waals surface area contributed by atoms with E-state index in [1.54, 1.807) is 0 Å². The lowest BCUT2D eigenvalue weighted by molar-refractivity contribution is 0.436. The SMILES string of the molecule is c1ccc2c(c1)Oc1cc(-c3ccccc3-c3ccccc3-c3cccc4c3sc3ccccc34)ccc1C21c2ccccc2-c2ccccc21. The fourth-order valence-corrected chi connectivity index (χ4v) is 10.1. The van der Waals surface area contributed by atoms with E-state index >= 15 is 0 Å².